The highest BCUT2D eigenvalue weighted by Gasteiger charge is 2.46. The van der Waals surface area contributed by atoms with Crippen LogP contribution in [-0.4, -0.2) is 90.6 Å². The summed E-state index contributed by atoms with van der Waals surface area (Å²) in [4.78, 5) is 8.92. The van der Waals surface area contributed by atoms with Crippen LogP contribution in [0.15, 0.2) is 22.8 Å². The Balaban J connectivity index is 1.67. The van der Waals surface area contributed by atoms with E-state index in [0.717, 1.165) is 11.8 Å². The smallest absolute Gasteiger partial charge is 0.404 e. The van der Waals surface area contributed by atoms with E-state index in [0.29, 0.717) is 35.4 Å². The first-order valence-corrected chi connectivity index (χ1v) is 13.1. The summed E-state index contributed by atoms with van der Waals surface area (Å²) >= 11 is 1.16. The van der Waals surface area contributed by atoms with Gasteiger partial charge in [0.15, 0.2) is 12.6 Å². The van der Waals surface area contributed by atoms with E-state index in [9.17, 15) is 23.4 Å². The number of allylic oxidation sites excluding steroid dienone is 1. The Labute approximate surface area is 221 Å². The molecule has 6 atom stereocenters. The van der Waals surface area contributed by atoms with Gasteiger partial charge in [-0.05, 0) is 18.2 Å². The monoisotopic (exact) mass is 563 g/mol. The highest BCUT2D eigenvalue weighted by molar-refractivity contribution is 8.00. The SMILES string of the molecule is CCNC(O)NC1CC([C@@H]2NC(C(F)(F)F)CS2)=C(c2cnc(OCCOC)c(C3NNC(O)O3)c2)C=N1. The van der Waals surface area contributed by atoms with Crippen molar-refractivity contribution in [2.75, 3.05) is 32.6 Å². The summed E-state index contributed by atoms with van der Waals surface area (Å²) in [6, 6.07) is 0.0912. The summed E-state index contributed by atoms with van der Waals surface area (Å²) in [5.74, 6) is 0.118. The molecule has 3 aliphatic heterocycles. The van der Waals surface area contributed by atoms with Crippen LogP contribution in [0, 0.1) is 0 Å². The second-order valence-electron chi connectivity index (χ2n) is 8.65. The summed E-state index contributed by atoms with van der Waals surface area (Å²) in [6.07, 6.45) is -4.65. The largest absolute Gasteiger partial charge is 0.475 e. The molecule has 0 aromatic carbocycles. The molecule has 12 nitrogen and oxygen atoms in total. The maximum atomic E-state index is 13.4. The maximum absolute atomic E-state index is 13.4. The molecule has 2 fully saturated rings. The zero-order valence-electron chi connectivity index (χ0n) is 20.8. The van der Waals surface area contributed by atoms with Crippen molar-refractivity contribution in [3.8, 4) is 5.88 Å². The number of methoxy groups -OCH3 is 1. The van der Waals surface area contributed by atoms with E-state index in [-0.39, 0.29) is 24.7 Å². The third kappa shape index (κ3) is 7.20. The van der Waals surface area contributed by atoms with E-state index in [4.69, 9.17) is 14.2 Å². The third-order valence-electron chi connectivity index (χ3n) is 5.99. The minimum atomic E-state index is -4.38. The van der Waals surface area contributed by atoms with Gasteiger partial charge in [-0.3, -0.25) is 20.9 Å². The number of hydrogen-bond acceptors (Lipinski definition) is 13. The lowest BCUT2D eigenvalue weighted by molar-refractivity contribution is -0.148. The quantitative estimate of drug-likeness (QED) is 0.145. The Morgan fingerprint density at radius 3 is 2.79 bits per heavy atom. The number of hydrazine groups is 1. The van der Waals surface area contributed by atoms with Gasteiger partial charge in [-0.25, -0.2) is 15.8 Å². The molecule has 0 radical (unpaired) electrons. The van der Waals surface area contributed by atoms with Crippen molar-refractivity contribution in [2.24, 2.45) is 4.99 Å². The highest BCUT2D eigenvalue weighted by Crippen LogP contribution is 2.39. The van der Waals surface area contributed by atoms with E-state index < -0.39 is 42.8 Å². The van der Waals surface area contributed by atoms with Crippen LogP contribution in [0.5, 0.6) is 5.88 Å². The summed E-state index contributed by atoms with van der Waals surface area (Å²) in [6.45, 7) is 2.89. The zero-order valence-corrected chi connectivity index (χ0v) is 21.6. The number of ether oxygens (including phenoxy) is 3. The van der Waals surface area contributed by atoms with Gasteiger partial charge in [-0.2, -0.15) is 13.2 Å². The average molecular weight is 564 g/mol. The second-order valence-corrected chi connectivity index (χ2v) is 9.79. The van der Waals surface area contributed by atoms with Gasteiger partial charge in [0.2, 0.25) is 12.3 Å². The van der Waals surface area contributed by atoms with Crippen LogP contribution in [0.4, 0.5) is 13.2 Å². The van der Waals surface area contributed by atoms with Gasteiger partial charge < -0.3 is 24.4 Å². The molecule has 5 unspecified atom stereocenters. The number of thioether (sulfide) groups is 1. The predicted octanol–water partition coefficient (Wildman–Crippen LogP) is 0.128. The van der Waals surface area contributed by atoms with Gasteiger partial charge in [0.1, 0.15) is 18.8 Å². The van der Waals surface area contributed by atoms with Gasteiger partial charge >= 0.3 is 6.18 Å². The van der Waals surface area contributed by atoms with Crippen molar-refractivity contribution in [1.29, 1.82) is 0 Å². The van der Waals surface area contributed by atoms with Gasteiger partial charge in [0, 0.05) is 42.8 Å². The second kappa shape index (κ2) is 13.0. The van der Waals surface area contributed by atoms with Gasteiger partial charge in [0.05, 0.1) is 17.5 Å². The molecule has 38 heavy (non-hydrogen) atoms. The van der Waals surface area contributed by atoms with Crippen molar-refractivity contribution >= 4 is 23.5 Å². The summed E-state index contributed by atoms with van der Waals surface area (Å²) in [5.41, 5.74) is 7.66. The predicted molar refractivity (Wildman–Crippen MR) is 134 cm³/mol. The normalized spacial score (nSPS) is 28.8. The van der Waals surface area contributed by atoms with Crippen molar-refractivity contribution in [1.82, 2.24) is 31.8 Å². The van der Waals surface area contributed by atoms with Crippen LogP contribution in [0.2, 0.25) is 0 Å². The molecule has 7 N–H and O–H groups in total. The molecule has 0 saturated carbocycles. The van der Waals surface area contributed by atoms with Crippen molar-refractivity contribution in [3.05, 3.63) is 29.0 Å². The number of aliphatic imine (C=N–C) groups is 1. The van der Waals surface area contributed by atoms with Crippen molar-refractivity contribution in [2.45, 2.75) is 56.1 Å². The van der Waals surface area contributed by atoms with Crippen LogP contribution in [0.25, 0.3) is 5.57 Å². The third-order valence-corrected chi connectivity index (χ3v) is 7.27. The highest BCUT2D eigenvalue weighted by atomic mass is 32.2. The number of rotatable bonds is 11. The Bertz CT molecular complexity index is 1020. The van der Waals surface area contributed by atoms with Crippen LogP contribution >= 0.6 is 11.8 Å². The number of dihydropyridines is 1. The molecule has 1 aromatic rings. The molecule has 4 heterocycles. The van der Waals surface area contributed by atoms with E-state index in [1.807, 2.05) is 6.92 Å². The number of nitrogens with zero attached hydrogens (tertiary/aromatic N) is 2. The first-order valence-electron chi connectivity index (χ1n) is 12.0. The number of aliphatic hydroxyl groups excluding tert-OH is 2. The molecule has 3 aliphatic rings. The number of alkyl halides is 3. The molecule has 4 rings (SSSR count). The number of nitrogens with one attached hydrogen (secondary N) is 5. The fourth-order valence-corrected chi connectivity index (χ4v) is 5.52. The minimum absolute atomic E-state index is 0.126. The molecular formula is C22H32F3N7O5S. The maximum Gasteiger partial charge on any atom is 0.404 e. The van der Waals surface area contributed by atoms with E-state index in [1.165, 1.54) is 7.11 Å². The molecule has 0 amide bonds. The molecular weight excluding hydrogens is 531 g/mol. The Hall–Kier alpha value is -1.86. The van der Waals surface area contributed by atoms with E-state index in [1.54, 1.807) is 18.5 Å². The molecule has 0 aliphatic carbocycles. The van der Waals surface area contributed by atoms with Gasteiger partial charge in [-0.1, -0.05) is 6.92 Å². The molecule has 0 bridgehead atoms. The Morgan fingerprint density at radius 1 is 1.32 bits per heavy atom. The van der Waals surface area contributed by atoms with Crippen molar-refractivity contribution in [3.63, 3.8) is 0 Å². The van der Waals surface area contributed by atoms with Crippen LogP contribution in [-0.2, 0) is 9.47 Å². The number of aliphatic hydroxyl groups is 2. The van der Waals surface area contributed by atoms with Crippen molar-refractivity contribution < 1.29 is 37.6 Å². The average Bonchev–Trinajstić information content (AvgIpc) is 3.54. The fourth-order valence-electron chi connectivity index (χ4n) is 4.17. The van der Waals surface area contributed by atoms with Crippen LogP contribution in [0.1, 0.15) is 30.7 Å². The summed E-state index contributed by atoms with van der Waals surface area (Å²) < 4.78 is 56.5. The summed E-state index contributed by atoms with van der Waals surface area (Å²) in [5, 5.41) is 27.7. The lowest BCUT2D eigenvalue weighted by Gasteiger charge is -2.29. The first kappa shape index (κ1) is 29.1. The lowest BCUT2D eigenvalue weighted by Crippen LogP contribution is -2.48. The topological polar surface area (TPSA) is 154 Å². The number of pyridine rings is 1. The lowest BCUT2D eigenvalue weighted by atomic mass is 9.94. The van der Waals surface area contributed by atoms with Gasteiger partial charge in [0.25, 0.3) is 0 Å². The minimum Gasteiger partial charge on any atom is -0.475 e. The molecule has 1 aromatic heterocycles. The summed E-state index contributed by atoms with van der Waals surface area (Å²) in [7, 11) is 1.54. The molecule has 212 valence electrons. The number of hydrogen-bond donors (Lipinski definition) is 7. The fraction of sp³-hybridized carbons (Fsp3) is 0.636. The Morgan fingerprint density at radius 2 is 2.13 bits per heavy atom. The standard InChI is InChI=1S/C22H32F3N7O5S/c1-3-26-20(33)30-16-7-12(19-29-15(10-38-19)22(23,24)25)14(9-27-16)11-6-13(18-31-32-21(34)37-18)17(28-8-11)36-5-4-35-2/h6,8-9,15-16,18-21,26,29-34H,3-5,7,10H2,1-2H3/t15?,16?,18?,19-,20?,21?/m1/s1. The Kier molecular flexibility index (Phi) is 9.96. The van der Waals surface area contributed by atoms with E-state index >= 15 is 0 Å². The number of aromatic nitrogens is 1. The zero-order chi connectivity index (χ0) is 27.3. The first-order chi connectivity index (χ1) is 18.2. The van der Waals surface area contributed by atoms with Crippen LogP contribution < -0.4 is 31.5 Å². The number of halogens is 3. The molecule has 16 heteroatoms. The van der Waals surface area contributed by atoms with E-state index in [2.05, 4.69) is 36.8 Å². The molecule has 2 saturated heterocycles. The van der Waals surface area contributed by atoms with Crippen LogP contribution in [0.3, 0.4) is 0 Å². The van der Waals surface area contributed by atoms with Gasteiger partial charge in [-0.15, -0.1) is 11.8 Å². The molecule has 0 spiro atoms.